The molecule has 0 radical (unpaired) electrons. The van der Waals surface area contributed by atoms with Crippen LogP contribution in [-0.4, -0.2) is 96.4 Å². The van der Waals surface area contributed by atoms with E-state index in [4.69, 9.17) is 23.2 Å². The van der Waals surface area contributed by atoms with Gasteiger partial charge in [-0.25, -0.2) is 0 Å². The minimum atomic E-state index is -0.0610. The Kier molecular flexibility index (Phi) is 7.54. The molecule has 168 valence electrons. The highest BCUT2D eigenvalue weighted by Crippen LogP contribution is 2.26. The molecule has 6 nitrogen and oxygen atoms in total. The lowest BCUT2D eigenvalue weighted by Gasteiger charge is -2.43. The van der Waals surface area contributed by atoms with Gasteiger partial charge in [0.15, 0.2) is 0 Å². The van der Waals surface area contributed by atoms with E-state index < -0.39 is 0 Å². The van der Waals surface area contributed by atoms with E-state index in [9.17, 15) is 9.59 Å². The van der Waals surface area contributed by atoms with Gasteiger partial charge in [-0.15, -0.1) is 0 Å². The minimum Gasteiger partial charge on any atom is -0.339 e. The van der Waals surface area contributed by atoms with E-state index in [2.05, 4.69) is 9.80 Å². The third-order valence-corrected chi connectivity index (χ3v) is 7.35. The molecule has 0 spiro atoms. The van der Waals surface area contributed by atoms with Crippen molar-refractivity contribution in [2.24, 2.45) is 0 Å². The summed E-state index contributed by atoms with van der Waals surface area (Å²) in [5.41, 5.74) is 0.654. The zero-order chi connectivity index (χ0) is 21.8. The third-order valence-electron chi connectivity index (χ3n) is 6.69. The molecule has 1 aromatic carbocycles. The summed E-state index contributed by atoms with van der Waals surface area (Å²) in [6.45, 7) is 6.76. The maximum atomic E-state index is 12.7. The summed E-state index contributed by atoms with van der Waals surface area (Å²) in [5.74, 6) is 0.148. The first-order valence-electron chi connectivity index (χ1n) is 11.2. The summed E-state index contributed by atoms with van der Waals surface area (Å²) in [4.78, 5) is 33.8. The number of carbonyl (C=O) groups excluding carboxylic acids is 2. The van der Waals surface area contributed by atoms with Crippen molar-refractivity contribution in [2.75, 3.05) is 58.9 Å². The van der Waals surface area contributed by atoms with E-state index >= 15 is 0 Å². The van der Waals surface area contributed by atoms with Crippen molar-refractivity contribution in [1.82, 2.24) is 19.6 Å². The summed E-state index contributed by atoms with van der Waals surface area (Å²) in [6, 6.07) is 6.03. The summed E-state index contributed by atoms with van der Waals surface area (Å²) in [5, 5.41) is 1.04. The number of amides is 2. The van der Waals surface area contributed by atoms with E-state index in [-0.39, 0.29) is 11.8 Å². The van der Waals surface area contributed by atoms with Crippen molar-refractivity contribution >= 4 is 41.1 Å². The first-order chi connectivity index (χ1) is 15.0. The van der Waals surface area contributed by atoms with Gasteiger partial charge < -0.3 is 9.80 Å². The standard InChI is InChI=1S/C23H30Cl2N4O2/c24-20-5-2-6-21(25)19(20)7-8-22(30)28-11-9-26(10-12-28)17-23(31)29-15-13-27(14-16-29)18-3-1-4-18/h2,5-8,18H,1,3-4,9-17H2/b8-7+. The Hall–Kier alpha value is -1.60. The SMILES string of the molecule is O=C(/C=C/c1c(Cl)cccc1Cl)N1CCN(CC(=O)N2CCN(C3CCC3)CC2)CC1. The fourth-order valence-corrected chi connectivity index (χ4v) is 4.96. The van der Waals surface area contributed by atoms with Gasteiger partial charge in [-0.05, 0) is 31.1 Å². The number of piperazine rings is 2. The van der Waals surface area contributed by atoms with Crippen molar-refractivity contribution in [3.8, 4) is 0 Å². The second-order valence-electron chi connectivity index (χ2n) is 8.57. The van der Waals surface area contributed by atoms with E-state index in [0.29, 0.717) is 48.3 Å². The van der Waals surface area contributed by atoms with Crippen molar-refractivity contribution in [3.63, 3.8) is 0 Å². The van der Waals surface area contributed by atoms with Crippen LogP contribution in [0, 0.1) is 0 Å². The number of hydrogen-bond acceptors (Lipinski definition) is 4. The molecule has 3 aliphatic rings. The molecular weight excluding hydrogens is 435 g/mol. The molecule has 1 saturated carbocycles. The molecule has 0 atom stereocenters. The Morgan fingerprint density at radius 3 is 2.10 bits per heavy atom. The van der Waals surface area contributed by atoms with Crippen LogP contribution in [0.1, 0.15) is 24.8 Å². The number of hydrogen-bond donors (Lipinski definition) is 0. The van der Waals surface area contributed by atoms with Crippen LogP contribution >= 0.6 is 23.2 Å². The van der Waals surface area contributed by atoms with Gasteiger partial charge >= 0.3 is 0 Å². The molecule has 1 aliphatic carbocycles. The van der Waals surface area contributed by atoms with Gasteiger partial charge in [0.1, 0.15) is 0 Å². The lowest BCUT2D eigenvalue weighted by molar-refractivity contribution is -0.135. The van der Waals surface area contributed by atoms with Crippen molar-refractivity contribution in [2.45, 2.75) is 25.3 Å². The zero-order valence-electron chi connectivity index (χ0n) is 17.8. The zero-order valence-corrected chi connectivity index (χ0v) is 19.3. The highest BCUT2D eigenvalue weighted by molar-refractivity contribution is 6.37. The van der Waals surface area contributed by atoms with E-state index in [1.807, 2.05) is 4.90 Å². The van der Waals surface area contributed by atoms with E-state index in [1.165, 1.54) is 25.3 Å². The van der Waals surface area contributed by atoms with Crippen LogP contribution in [-0.2, 0) is 9.59 Å². The average Bonchev–Trinajstić information content (AvgIpc) is 2.73. The van der Waals surface area contributed by atoms with Crippen LogP contribution in [0.3, 0.4) is 0 Å². The predicted molar refractivity (Wildman–Crippen MR) is 124 cm³/mol. The van der Waals surface area contributed by atoms with Crippen LogP contribution in [0.25, 0.3) is 6.08 Å². The van der Waals surface area contributed by atoms with Gasteiger partial charge in [0, 0.05) is 80.1 Å². The molecule has 2 saturated heterocycles. The van der Waals surface area contributed by atoms with Crippen molar-refractivity contribution in [1.29, 1.82) is 0 Å². The Morgan fingerprint density at radius 2 is 1.52 bits per heavy atom. The van der Waals surface area contributed by atoms with E-state index in [1.54, 1.807) is 29.2 Å². The molecule has 0 N–H and O–H groups in total. The van der Waals surface area contributed by atoms with Gasteiger partial charge in [-0.3, -0.25) is 19.4 Å². The molecular formula is C23H30Cl2N4O2. The average molecular weight is 465 g/mol. The molecule has 2 aliphatic heterocycles. The summed E-state index contributed by atoms with van der Waals surface area (Å²) in [6.07, 6.45) is 7.18. The smallest absolute Gasteiger partial charge is 0.246 e. The second-order valence-corrected chi connectivity index (χ2v) is 9.39. The lowest BCUT2D eigenvalue weighted by Crippen LogP contribution is -2.56. The number of carbonyl (C=O) groups is 2. The highest BCUT2D eigenvalue weighted by Gasteiger charge is 2.30. The molecule has 2 amide bonds. The van der Waals surface area contributed by atoms with Gasteiger partial charge in [0.05, 0.1) is 6.54 Å². The molecule has 1 aromatic rings. The first-order valence-corrected chi connectivity index (χ1v) is 11.9. The Balaban J connectivity index is 1.20. The fraction of sp³-hybridized carbons (Fsp3) is 0.565. The van der Waals surface area contributed by atoms with Crippen LogP contribution in [0.4, 0.5) is 0 Å². The maximum Gasteiger partial charge on any atom is 0.246 e. The third kappa shape index (κ3) is 5.61. The van der Waals surface area contributed by atoms with Crippen LogP contribution in [0.5, 0.6) is 0 Å². The monoisotopic (exact) mass is 464 g/mol. The quantitative estimate of drug-likeness (QED) is 0.628. The molecule has 8 heteroatoms. The van der Waals surface area contributed by atoms with Crippen LogP contribution in [0.15, 0.2) is 24.3 Å². The Morgan fingerprint density at radius 1 is 0.903 bits per heavy atom. The van der Waals surface area contributed by atoms with Crippen molar-refractivity contribution in [3.05, 3.63) is 39.9 Å². The second kappa shape index (κ2) is 10.3. The normalized spacial score (nSPS) is 21.5. The maximum absolute atomic E-state index is 12.7. The number of benzene rings is 1. The van der Waals surface area contributed by atoms with Gasteiger partial charge in [-0.1, -0.05) is 35.7 Å². The Bertz CT molecular complexity index is 807. The molecule has 0 bridgehead atoms. The molecule has 3 fully saturated rings. The largest absolute Gasteiger partial charge is 0.339 e. The number of halogens is 2. The highest BCUT2D eigenvalue weighted by atomic mass is 35.5. The van der Waals surface area contributed by atoms with Gasteiger partial charge in [0.25, 0.3) is 0 Å². The predicted octanol–water partition coefficient (Wildman–Crippen LogP) is 2.85. The summed E-state index contributed by atoms with van der Waals surface area (Å²) < 4.78 is 0. The van der Waals surface area contributed by atoms with Gasteiger partial charge in [-0.2, -0.15) is 0 Å². The molecule has 2 heterocycles. The molecule has 31 heavy (non-hydrogen) atoms. The Labute approximate surface area is 194 Å². The topological polar surface area (TPSA) is 47.1 Å². The minimum absolute atomic E-state index is 0.0610. The van der Waals surface area contributed by atoms with Crippen LogP contribution < -0.4 is 0 Å². The fourth-order valence-electron chi connectivity index (χ4n) is 4.44. The lowest BCUT2D eigenvalue weighted by atomic mass is 9.91. The number of rotatable bonds is 5. The van der Waals surface area contributed by atoms with Crippen LogP contribution in [0.2, 0.25) is 10.0 Å². The summed E-state index contributed by atoms with van der Waals surface area (Å²) >= 11 is 12.3. The van der Waals surface area contributed by atoms with E-state index in [0.717, 1.165) is 32.2 Å². The summed E-state index contributed by atoms with van der Waals surface area (Å²) in [7, 11) is 0. The first kappa shape index (κ1) is 22.6. The van der Waals surface area contributed by atoms with Crippen molar-refractivity contribution < 1.29 is 9.59 Å². The number of nitrogens with zero attached hydrogens (tertiary/aromatic N) is 4. The van der Waals surface area contributed by atoms with Gasteiger partial charge in [0.2, 0.25) is 11.8 Å². The molecule has 0 aromatic heterocycles. The molecule has 0 unspecified atom stereocenters. The molecule has 4 rings (SSSR count).